The van der Waals surface area contributed by atoms with E-state index in [9.17, 15) is 9.59 Å². The van der Waals surface area contributed by atoms with Gasteiger partial charge in [-0.05, 0) is 0 Å². The Kier molecular flexibility index (Phi) is 0.883. The molecule has 2 aliphatic rings. The summed E-state index contributed by atoms with van der Waals surface area (Å²) in [5.74, 6) is -0.0949. The molecule has 0 spiro atoms. The average molecular weight is 149 g/mol. The first-order valence-corrected chi connectivity index (χ1v) is 2.92. The lowest BCUT2D eigenvalue weighted by Gasteiger charge is -1.72. The predicted molar refractivity (Wildman–Crippen MR) is 38.0 cm³/mol. The molecule has 0 atom stereocenters. The number of fused-ring (bicyclic) bond motifs is 1. The van der Waals surface area contributed by atoms with Gasteiger partial charge >= 0.3 is 0 Å². The van der Waals surface area contributed by atoms with Crippen LogP contribution in [0.25, 0.3) is 11.4 Å². The van der Waals surface area contributed by atoms with Crippen LogP contribution < -0.4 is 16.7 Å². The predicted octanol–water partition coefficient (Wildman–Crippen LogP) is -1.24. The quantitative estimate of drug-likeness (QED) is 0.506. The molecular weight excluding hydrogens is 146 g/mol. The third kappa shape index (κ3) is 0.644. The van der Waals surface area contributed by atoms with Crippen LogP contribution in [0, 0.1) is 0 Å². The summed E-state index contributed by atoms with van der Waals surface area (Å²) in [7, 11) is 0. The molecule has 0 bridgehead atoms. The summed E-state index contributed by atoms with van der Waals surface area (Å²) in [6.07, 6.45) is 0. The van der Waals surface area contributed by atoms with Crippen LogP contribution in [0.4, 0.5) is 5.82 Å². The first kappa shape index (κ1) is 5.96. The topological polar surface area (TPSA) is 85.9 Å². The first-order valence-electron chi connectivity index (χ1n) is 2.92. The molecule has 2 aliphatic heterocycles. The van der Waals surface area contributed by atoms with Crippen molar-refractivity contribution >= 4 is 5.82 Å². The van der Waals surface area contributed by atoms with Crippen molar-refractivity contribution in [3.8, 4) is 11.4 Å². The van der Waals surface area contributed by atoms with Crippen LogP contribution in [-0.2, 0) is 0 Å². The van der Waals surface area contributed by atoms with Gasteiger partial charge in [0, 0.05) is 6.07 Å². The Morgan fingerprint density at radius 2 is 2.00 bits per heavy atom. The zero-order valence-electron chi connectivity index (χ0n) is 5.37. The summed E-state index contributed by atoms with van der Waals surface area (Å²) in [6.45, 7) is 0. The Morgan fingerprint density at radius 3 is 2.64 bits per heavy atom. The Balaban J connectivity index is 2.98. The van der Waals surface area contributed by atoms with Crippen LogP contribution in [0.3, 0.4) is 0 Å². The van der Waals surface area contributed by atoms with Gasteiger partial charge in [-0.1, -0.05) is 0 Å². The second kappa shape index (κ2) is 1.63. The van der Waals surface area contributed by atoms with E-state index < -0.39 is 11.0 Å². The van der Waals surface area contributed by atoms with Gasteiger partial charge in [-0.25, -0.2) is 9.97 Å². The minimum atomic E-state index is -0.456. The molecule has 0 radical (unpaired) electrons. The highest BCUT2D eigenvalue weighted by Gasteiger charge is 2.17. The van der Waals surface area contributed by atoms with Gasteiger partial charge in [0.25, 0.3) is 5.56 Å². The normalized spacial score (nSPS) is 10.9. The van der Waals surface area contributed by atoms with E-state index in [1.807, 2.05) is 0 Å². The number of nitrogens with zero attached hydrogens (tertiary/aromatic N) is 2. The van der Waals surface area contributed by atoms with Crippen molar-refractivity contribution < 1.29 is 0 Å². The van der Waals surface area contributed by atoms with E-state index in [4.69, 9.17) is 5.73 Å². The zero-order valence-corrected chi connectivity index (χ0v) is 5.37. The molecule has 54 valence electrons. The minimum Gasteiger partial charge on any atom is -0.380 e. The third-order valence-corrected chi connectivity index (χ3v) is 1.41. The number of nitrogens with two attached hydrogens (primary N) is 1. The van der Waals surface area contributed by atoms with E-state index in [-0.39, 0.29) is 17.2 Å². The van der Waals surface area contributed by atoms with Crippen LogP contribution in [0.5, 0.6) is 0 Å². The Bertz CT molecular complexity index is 455. The lowest BCUT2D eigenvalue weighted by molar-refractivity contribution is 1.31. The molecule has 0 aromatic heterocycles. The number of aromatic nitrogens is 2. The molecule has 0 unspecified atom stereocenters. The summed E-state index contributed by atoms with van der Waals surface area (Å²) in [5, 5.41) is 0. The summed E-state index contributed by atoms with van der Waals surface area (Å²) in [6, 6.07) is 1.19. The van der Waals surface area contributed by atoms with E-state index in [1.54, 1.807) is 0 Å². The van der Waals surface area contributed by atoms with E-state index in [2.05, 4.69) is 9.97 Å². The van der Waals surface area contributed by atoms with Gasteiger partial charge in [0.05, 0.1) is 0 Å². The minimum absolute atomic E-state index is 0.0764. The number of hydrogen-bond acceptors (Lipinski definition) is 5. The largest absolute Gasteiger partial charge is 0.380 e. The number of hydrogen-bond donors (Lipinski definition) is 1. The molecule has 0 aliphatic carbocycles. The molecule has 0 saturated carbocycles. The van der Waals surface area contributed by atoms with Crippen LogP contribution in [0.2, 0.25) is 0 Å². The average Bonchev–Trinajstić information content (AvgIpc) is 2.37. The maximum Gasteiger partial charge on any atom is 0.272 e. The summed E-state index contributed by atoms with van der Waals surface area (Å²) < 4.78 is 0. The van der Waals surface area contributed by atoms with Crippen molar-refractivity contribution in [2.24, 2.45) is 0 Å². The highest BCUT2D eigenvalue weighted by Crippen LogP contribution is 2.11. The smallest absolute Gasteiger partial charge is 0.272 e. The first-order chi connectivity index (χ1) is 5.18. The molecule has 11 heavy (non-hydrogen) atoms. The monoisotopic (exact) mass is 149 g/mol. The molecule has 0 fully saturated rings. The molecule has 0 aromatic rings. The highest BCUT2D eigenvalue weighted by molar-refractivity contribution is 5.63. The molecule has 0 aromatic carbocycles. The van der Waals surface area contributed by atoms with E-state index >= 15 is 0 Å². The molecule has 5 heteroatoms. The second-order valence-corrected chi connectivity index (χ2v) is 2.15. The molecule has 0 saturated heterocycles. The Morgan fingerprint density at radius 1 is 1.27 bits per heavy atom. The van der Waals surface area contributed by atoms with Crippen molar-refractivity contribution in [1.82, 2.24) is 9.97 Å². The number of rotatable bonds is 0. The Hall–Kier alpha value is -1.78. The highest BCUT2D eigenvalue weighted by atomic mass is 16.1. The lowest BCUT2D eigenvalue weighted by Crippen LogP contribution is -2.06. The molecule has 2 heterocycles. The number of anilines is 1. The van der Waals surface area contributed by atoms with Gasteiger partial charge < -0.3 is 5.73 Å². The van der Waals surface area contributed by atoms with Crippen LogP contribution in [0.1, 0.15) is 0 Å². The third-order valence-electron chi connectivity index (χ3n) is 1.41. The van der Waals surface area contributed by atoms with Gasteiger partial charge in [-0.15, -0.1) is 0 Å². The van der Waals surface area contributed by atoms with Gasteiger partial charge in [0.2, 0.25) is 5.43 Å². The van der Waals surface area contributed by atoms with Gasteiger partial charge in [-0.3, -0.25) is 9.59 Å². The SMILES string of the molecule is Nc1nc2cc(=O)nc-2c1=O. The maximum absolute atomic E-state index is 11.0. The molecule has 0 amide bonds. The second-order valence-electron chi connectivity index (χ2n) is 2.15. The lowest BCUT2D eigenvalue weighted by atomic mass is 10.4. The van der Waals surface area contributed by atoms with E-state index in [0.29, 0.717) is 0 Å². The maximum atomic E-state index is 11.0. The number of nitrogen functional groups attached to an aromatic ring is 1. The van der Waals surface area contributed by atoms with E-state index in [1.165, 1.54) is 6.07 Å². The van der Waals surface area contributed by atoms with Crippen molar-refractivity contribution in [2.45, 2.75) is 0 Å². The Labute approximate surface area is 60.5 Å². The fraction of sp³-hybridized carbons (Fsp3) is 0. The van der Waals surface area contributed by atoms with E-state index in [0.717, 1.165) is 0 Å². The van der Waals surface area contributed by atoms with Gasteiger partial charge in [0.15, 0.2) is 5.82 Å². The van der Waals surface area contributed by atoms with Crippen molar-refractivity contribution in [1.29, 1.82) is 0 Å². The summed E-state index contributed by atoms with van der Waals surface area (Å²) in [4.78, 5) is 28.6. The summed E-state index contributed by atoms with van der Waals surface area (Å²) in [5.41, 5.74) is 4.65. The van der Waals surface area contributed by atoms with Crippen LogP contribution >= 0.6 is 0 Å². The fourth-order valence-electron chi connectivity index (χ4n) is 0.939. The molecular formula is C6H3N3O2. The molecule has 2 N–H and O–H groups in total. The van der Waals surface area contributed by atoms with Gasteiger partial charge in [0.1, 0.15) is 11.4 Å². The van der Waals surface area contributed by atoms with Crippen LogP contribution in [-0.4, -0.2) is 9.97 Å². The standard InChI is InChI=1S/C6H3N3O2/c7-6-5(11)4-2(8-6)1-3(10)9-4/h1H,(H2,7,8). The summed E-state index contributed by atoms with van der Waals surface area (Å²) >= 11 is 0. The van der Waals surface area contributed by atoms with Crippen LogP contribution in [0.15, 0.2) is 15.7 Å². The molecule has 5 nitrogen and oxygen atoms in total. The van der Waals surface area contributed by atoms with Crippen molar-refractivity contribution in [2.75, 3.05) is 5.73 Å². The molecule has 2 rings (SSSR count). The van der Waals surface area contributed by atoms with Gasteiger partial charge in [-0.2, -0.15) is 0 Å². The van der Waals surface area contributed by atoms with Crippen molar-refractivity contribution in [3.63, 3.8) is 0 Å². The fourth-order valence-corrected chi connectivity index (χ4v) is 0.939. The zero-order chi connectivity index (χ0) is 8.01. The van der Waals surface area contributed by atoms with Crippen molar-refractivity contribution in [3.05, 3.63) is 26.6 Å².